The van der Waals surface area contributed by atoms with Crippen LogP contribution in [0.1, 0.15) is 21.5 Å². The second kappa shape index (κ2) is 7.54. The van der Waals surface area contributed by atoms with Crippen molar-refractivity contribution in [2.24, 2.45) is 0 Å². The number of nitrogens with zero attached hydrogens (tertiary/aromatic N) is 3. The summed E-state index contributed by atoms with van der Waals surface area (Å²) in [6.07, 6.45) is 1.98. The zero-order valence-corrected chi connectivity index (χ0v) is 15.6. The number of hydrogen-bond donors (Lipinski definition) is 0. The van der Waals surface area contributed by atoms with Gasteiger partial charge in [0.25, 0.3) is 0 Å². The predicted octanol–water partition coefficient (Wildman–Crippen LogP) is 3.70. The molecule has 1 heterocycles. The van der Waals surface area contributed by atoms with Gasteiger partial charge in [-0.2, -0.15) is 5.10 Å². The van der Waals surface area contributed by atoms with E-state index in [1.165, 1.54) is 12.7 Å². The number of rotatable bonds is 5. The Hall–Kier alpha value is -2.92. The van der Waals surface area contributed by atoms with E-state index in [9.17, 15) is 4.79 Å². The van der Waals surface area contributed by atoms with Crippen LogP contribution < -0.4 is 0 Å². The first-order chi connectivity index (χ1) is 12.5. The van der Waals surface area contributed by atoms with E-state index in [0.717, 1.165) is 29.1 Å². The molecule has 0 aliphatic carbocycles. The SMILES string of the molecule is COC(=O)c1cccc(-n2cc(C)c(-c3cccc(CN(C)C)c3)n2)c1. The lowest BCUT2D eigenvalue weighted by atomic mass is 10.1. The van der Waals surface area contributed by atoms with Gasteiger partial charge in [0.05, 0.1) is 24.1 Å². The van der Waals surface area contributed by atoms with Gasteiger partial charge in [0.15, 0.2) is 0 Å². The van der Waals surface area contributed by atoms with Crippen LogP contribution >= 0.6 is 0 Å². The van der Waals surface area contributed by atoms with E-state index in [1.54, 1.807) is 16.8 Å². The Morgan fingerprint density at radius 2 is 1.92 bits per heavy atom. The van der Waals surface area contributed by atoms with E-state index < -0.39 is 0 Å². The molecular formula is C21H23N3O2. The number of methoxy groups -OCH3 is 1. The van der Waals surface area contributed by atoms with Crippen LogP contribution in [0.4, 0.5) is 0 Å². The van der Waals surface area contributed by atoms with E-state index in [4.69, 9.17) is 9.84 Å². The molecule has 3 aromatic rings. The molecule has 5 heteroatoms. The molecule has 0 saturated heterocycles. The number of benzene rings is 2. The number of carbonyl (C=O) groups is 1. The molecule has 0 bridgehead atoms. The van der Waals surface area contributed by atoms with E-state index in [0.29, 0.717) is 5.56 Å². The Bertz CT molecular complexity index is 929. The van der Waals surface area contributed by atoms with Crippen LogP contribution in [0.5, 0.6) is 0 Å². The van der Waals surface area contributed by atoms with Crippen LogP contribution in [-0.2, 0) is 11.3 Å². The molecule has 26 heavy (non-hydrogen) atoms. The smallest absolute Gasteiger partial charge is 0.337 e. The number of aromatic nitrogens is 2. The maximum Gasteiger partial charge on any atom is 0.337 e. The lowest BCUT2D eigenvalue weighted by Gasteiger charge is -2.10. The summed E-state index contributed by atoms with van der Waals surface area (Å²) in [5, 5.41) is 4.75. The van der Waals surface area contributed by atoms with Gasteiger partial charge in [-0.3, -0.25) is 0 Å². The Labute approximate surface area is 153 Å². The molecule has 1 aromatic heterocycles. The molecule has 0 atom stereocenters. The van der Waals surface area contributed by atoms with Gasteiger partial charge in [0.1, 0.15) is 0 Å². The van der Waals surface area contributed by atoms with Gasteiger partial charge in [-0.25, -0.2) is 9.48 Å². The van der Waals surface area contributed by atoms with Crippen LogP contribution in [0.15, 0.2) is 54.7 Å². The first-order valence-electron chi connectivity index (χ1n) is 8.47. The second-order valence-electron chi connectivity index (χ2n) is 6.59. The number of aryl methyl sites for hydroxylation is 1. The van der Waals surface area contributed by atoms with Crippen molar-refractivity contribution in [3.05, 3.63) is 71.4 Å². The van der Waals surface area contributed by atoms with Crippen molar-refractivity contribution < 1.29 is 9.53 Å². The van der Waals surface area contributed by atoms with Crippen LogP contribution in [0.2, 0.25) is 0 Å². The van der Waals surface area contributed by atoms with Crippen LogP contribution in [0, 0.1) is 6.92 Å². The van der Waals surface area contributed by atoms with Gasteiger partial charge >= 0.3 is 5.97 Å². The van der Waals surface area contributed by atoms with E-state index in [-0.39, 0.29) is 5.97 Å². The molecule has 0 radical (unpaired) electrons. The summed E-state index contributed by atoms with van der Waals surface area (Å²) < 4.78 is 6.60. The summed E-state index contributed by atoms with van der Waals surface area (Å²) in [6, 6.07) is 15.7. The topological polar surface area (TPSA) is 47.4 Å². The maximum absolute atomic E-state index is 11.8. The normalized spacial score (nSPS) is 11.0. The fourth-order valence-electron chi connectivity index (χ4n) is 2.95. The van der Waals surface area contributed by atoms with Crippen molar-refractivity contribution in [3.8, 4) is 16.9 Å². The second-order valence-corrected chi connectivity index (χ2v) is 6.59. The first kappa shape index (κ1) is 17.9. The Morgan fingerprint density at radius 3 is 2.65 bits per heavy atom. The Morgan fingerprint density at radius 1 is 1.15 bits per heavy atom. The molecule has 2 aromatic carbocycles. The molecular weight excluding hydrogens is 326 g/mol. The molecule has 0 aliphatic heterocycles. The van der Waals surface area contributed by atoms with Gasteiger partial charge in [-0.15, -0.1) is 0 Å². The Balaban J connectivity index is 1.96. The quantitative estimate of drug-likeness (QED) is 0.659. The maximum atomic E-state index is 11.8. The minimum absolute atomic E-state index is 0.354. The third kappa shape index (κ3) is 3.83. The van der Waals surface area contributed by atoms with Crippen molar-refractivity contribution in [2.75, 3.05) is 21.2 Å². The van der Waals surface area contributed by atoms with Gasteiger partial charge in [-0.05, 0) is 56.4 Å². The van der Waals surface area contributed by atoms with E-state index in [2.05, 4.69) is 43.3 Å². The number of ether oxygens (including phenoxy) is 1. The molecule has 0 N–H and O–H groups in total. The monoisotopic (exact) mass is 349 g/mol. The summed E-state index contributed by atoms with van der Waals surface area (Å²) in [6.45, 7) is 2.93. The molecule has 0 unspecified atom stereocenters. The number of esters is 1. The van der Waals surface area contributed by atoms with Gasteiger partial charge in [0, 0.05) is 18.3 Å². The molecule has 3 rings (SSSR count). The summed E-state index contributed by atoms with van der Waals surface area (Å²) in [7, 11) is 5.49. The first-order valence-corrected chi connectivity index (χ1v) is 8.47. The van der Waals surface area contributed by atoms with Gasteiger partial charge in [-0.1, -0.05) is 24.3 Å². The highest BCUT2D eigenvalue weighted by Gasteiger charge is 2.12. The zero-order valence-electron chi connectivity index (χ0n) is 15.6. The molecule has 0 saturated carbocycles. The lowest BCUT2D eigenvalue weighted by Crippen LogP contribution is -2.10. The van der Waals surface area contributed by atoms with Gasteiger partial charge < -0.3 is 9.64 Å². The largest absolute Gasteiger partial charge is 0.465 e. The summed E-state index contributed by atoms with van der Waals surface area (Å²) in [5.74, 6) is -0.354. The average Bonchev–Trinajstić information content (AvgIpc) is 3.02. The van der Waals surface area contributed by atoms with Gasteiger partial charge in [0.2, 0.25) is 0 Å². The molecule has 0 fully saturated rings. The van der Waals surface area contributed by atoms with Crippen LogP contribution in [0.25, 0.3) is 16.9 Å². The minimum Gasteiger partial charge on any atom is -0.465 e. The van der Waals surface area contributed by atoms with Crippen molar-refractivity contribution in [3.63, 3.8) is 0 Å². The molecule has 134 valence electrons. The highest BCUT2D eigenvalue weighted by Crippen LogP contribution is 2.24. The molecule has 0 spiro atoms. The van der Waals surface area contributed by atoms with E-state index >= 15 is 0 Å². The molecule has 5 nitrogen and oxygen atoms in total. The standard InChI is InChI=1S/C21H23N3O2/c1-15-13-24(19-10-6-9-18(12-19)21(25)26-4)22-20(15)17-8-5-7-16(11-17)14-23(2)3/h5-13H,14H2,1-4H3. The zero-order chi connectivity index (χ0) is 18.7. The summed E-state index contributed by atoms with van der Waals surface area (Å²) >= 11 is 0. The minimum atomic E-state index is -0.354. The summed E-state index contributed by atoms with van der Waals surface area (Å²) in [5.41, 5.74) is 5.68. The van der Waals surface area contributed by atoms with Crippen molar-refractivity contribution in [1.82, 2.24) is 14.7 Å². The van der Waals surface area contributed by atoms with E-state index in [1.807, 2.05) is 25.3 Å². The highest BCUT2D eigenvalue weighted by molar-refractivity contribution is 5.89. The summed E-state index contributed by atoms with van der Waals surface area (Å²) in [4.78, 5) is 13.9. The van der Waals surface area contributed by atoms with Crippen molar-refractivity contribution in [2.45, 2.75) is 13.5 Å². The third-order valence-electron chi connectivity index (χ3n) is 4.13. The fourth-order valence-corrected chi connectivity index (χ4v) is 2.95. The van der Waals surface area contributed by atoms with Crippen LogP contribution in [0.3, 0.4) is 0 Å². The molecule has 0 amide bonds. The number of carbonyl (C=O) groups excluding carboxylic acids is 1. The number of hydrogen-bond acceptors (Lipinski definition) is 4. The Kier molecular flexibility index (Phi) is 5.19. The fraction of sp³-hybridized carbons (Fsp3) is 0.238. The predicted molar refractivity (Wildman–Crippen MR) is 102 cm³/mol. The highest BCUT2D eigenvalue weighted by atomic mass is 16.5. The average molecular weight is 349 g/mol. The third-order valence-corrected chi connectivity index (χ3v) is 4.13. The van der Waals surface area contributed by atoms with Crippen LogP contribution in [-0.4, -0.2) is 41.9 Å². The lowest BCUT2D eigenvalue weighted by molar-refractivity contribution is 0.0600. The van der Waals surface area contributed by atoms with Crippen molar-refractivity contribution in [1.29, 1.82) is 0 Å². The molecule has 0 aliphatic rings. The van der Waals surface area contributed by atoms with Crippen molar-refractivity contribution >= 4 is 5.97 Å².